The van der Waals surface area contributed by atoms with Crippen LogP contribution in [0.25, 0.3) is 0 Å². The van der Waals surface area contributed by atoms with Crippen LogP contribution in [0.1, 0.15) is 48.3 Å². The first-order chi connectivity index (χ1) is 13.1. The first-order valence-corrected chi connectivity index (χ1v) is 9.33. The summed E-state index contributed by atoms with van der Waals surface area (Å²) in [6, 6.07) is 10.4. The van der Waals surface area contributed by atoms with Gasteiger partial charge in [-0.05, 0) is 79.6 Å². The van der Waals surface area contributed by atoms with Crippen LogP contribution in [-0.4, -0.2) is 5.16 Å². The minimum absolute atomic E-state index is 0.250. The maximum atomic E-state index is 13.8. The normalized spacial score (nSPS) is 18.7. The van der Waals surface area contributed by atoms with Crippen LogP contribution >= 0.6 is 12.2 Å². The highest BCUT2D eigenvalue weighted by atomic mass is 32.1. The lowest BCUT2D eigenvalue weighted by atomic mass is 9.79. The zero-order valence-electron chi connectivity index (χ0n) is 14.8. The Balaban J connectivity index is 1.73. The van der Waals surface area contributed by atoms with Gasteiger partial charge in [-0.25, -0.2) is 8.78 Å². The number of rotatable bonds is 3. The maximum absolute atomic E-state index is 13.8. The lowest BCUT2D eigenvalue weighted by Crippen LogP contribution is -2.11. The van der Waals surface area contributed by atoms with E-state index in [1.54, 1.807) is 0 Å². The van der Waals surface area contributed by atoms with Crippen molar-refractivity contribution in [3.8, 4) is 11.8 Å². The summed E-state index contributed by atoms with van der Waals surface area (Å²) in [6.45, 7) is 3.89. The SMILES string of the molecule is C=CC1CCC(c2ccc(C#Cc3cc(F)c(N=C=S)c(F)c3)cc2)CC1. The molecule has 0 atom stereocenters. The molecule has 0 amide bonds. The average Bonchev–Trinajstić information content (AvgIpc) is 2.70. The molecule has 2 aromatic rings. The van der Waals surface area contributed by atoms with Gasteiger partial charge in [0.25, 0.3) is 0 Å². The molecule has 136 valence electrons. The van der Waals surface area contributed by atoms with Crippen LogP contribution in [-0.2, 0) is 0 Å². The van der Waals surface area contributed by atoms with Crippen molar-refractivity contribution < 1.29 is 8.78 Å². The Morgan fingerprint density at radius 2 is 1.56 bits per heavy atom. The number of aliphatic imine (C=N–C) groups is 1. The van der Waals surface area contributed by atoms with E-state index >= 15 is 0 Å². The second-order valence-corrected chi connectivity index (χ2v) is 6.89. The maximum Gasteiger partial charge on any atom is 0.153 e. The molecule has 1 fully saturated rings. The van der Waals surface area contributed by atoms with Gasteiger partial charge in [0.15, 0.2) is 11.6 Å². The smallest absolute Gasteiger partial charge is 0.153 e. The number of thiocarbonyl (C=S) groups is 1. The second-order valence-electron chi connectivity index (χ2n) is 6.71. The zero-order valence-corrected chi connectivity index (χ0v) is 15.7. The van der Waals surface area contributed by atoms with Gasteiger partial charge in [-0.15, -0.1) is 6.58 Å². The molecule has 27 heavy (non-hydrogen) atoms. The molecule has 0 aliphatic heterocycles. The Bertz CT molecular complexity index is 916. The van der Waals surface area contributed by atoms with Gasteiger partial charge in [0.2, 0.25) is 0 Å². The summed E-state index contributed by atoms with van der Waals surface area (Å²) in [5.74, 6) is 5.37. The number of hydrogen-bond acceptors (Lipinski definition) is 2. The lowest BCUT2D eigenvalue weighted by molar-refractivity contribution is 0.376. The molecule has 1 nitrogen and oxygen atoms in total. The molecule has 1 aliphatic rings. The average molecular weight is 379 g/mol. The lowest BCUT2D eigenvalue weighted by Gasteiger charge is -2.26. The number of isothiocyanates is 1. The highest BCUT2D eigenvalue weighted by Gasteiger charge is 2.20. The number of benzene rings is 2. The van der Waals surface area contributed by atoms with E-state index in [2.05, 4.69) is 53.8 Å². The molecule has 0 unspecified atom stereocenters. The molecular formula is C23H19F2NS. The Morgan fingerprint density at radius 3 is 2.11 bits per heavy atom. The predicted molar refractivity (Wildman–Crippen MR) is 108 cm³/mol. The van der Waals surface area contributed by atoms with Crippen molar-refractivity contribution in [3.05, 3.63) is 77.4 Å². The quantitative estimate of drug-likeness (QED) is 0.255. The van der Waals surface area contributed by atoms with Crippen molar-refractivity contribution in [2.45, 2.75) is 31.6 Å². The third kappa shape index (κ3) is 4.77. The Kier molecular flexibility index (Phi) is 6.29. The van der Waals surface area contributed by atoms with Gasteiger partial charge >= 0.3 is 0 Å². The van der Waals surface area contributed by atoms with Crippen LogP contribution in [0.2, 0.25) is 0 Å². The van der Waals surface area contributed by atoms with E-state index in [9.17, 15) is 8.78 Å². The van der Waals surface area contributed by atoms with Gasteiger partial charge in [0.05, 0.1) is 5.16 Å². The van der Waals surface area contributed by atoms with Crippen molar-refractivity contribution in [3.63, 3.8) is 0 Å². The minimum Gasteiger partial charge on any atom is -0.204 e. The Labute approximate surface area is 163 Å². The highest BCUT2D eigenvalue weighted by Crippen LogP contribution is 2.36. The first-order valence-electron chi connectivity index (χ1n) is 8.92. The van der Waals surface area contributed by atoms with Crippen molar-refractivity contribution in [1.82, 2.24) is 0 Å². The topological polar surface area (TPSA) is 12.4 Å². The third-order valence-corrected chi connectivity index (χ3v) is 5.10. The van der Waals surface area contributed by atoms with Crippen molar-refractivity contribution in [1.29, 1.82) is 0 Å². The van der Waals surface area contributed by atoms with Gasteiger partial charge in [-0.1, -0.05) is 30.0 Å². The molecule has 0 heterocycles. The summed E-state index contributed by atoms with van der Waals surface area (Å²) < 4.78 is 27.7. The standard InChI is InChI=1S/C23H19F2NS/c1-2-16-5-9-19(10-6-16)20-11-7-17(8-12-20)3-4-18-13-21(24)23(26-15-27)22(25)14-18/h2,7-8,11-14,16,19H,1,5-6,9-10H2. The van der Waals surface area contributed by atoms with Crippen LogP contribution in [0.4, 0.5) is 14.5 Å². The molecule has 0 aromatic heterocycles. The largest absolute Gasteiger partial charge is 0.204 e. The summed E-state index contributed by atoms with van der Waals surface area (Å²) in [4.78, 5) is 3.39. The van der Waals surface area contributed by atoms with Crippen molar-refractivity contribution in [2.75, 3.05) is 0 Å². The van der Waals surface area contributed by atoms with E-state index in [4.69, 9.17) is 0 Å². The minimum atomic E-state index is -0.804. The Morgan fingerprint density at radius 1 is 0.963 bits per heavy atom. The fourth-order valence-electron chi connectivity index (χ4n) is 3.46. The van der Waals surface area contributed by atoms with E-state index in [1.807, 2.05) is 17.3 Å². The fraction of sp³-hybridized carbons (Fsp3) is 0.261. The van der Waals surface area contributed by atoms with Gasteiger partial charge < -0.3 is 0 Å². The van der Waals surface area contributed by atoms with E-state index in [1.165, 1.54) is 31.2 Å². The van der Waals surface area contributed by atoms with Crippen LogP contribution < -0.4 is 0 Å². The zero-order chi connectivity index (χ0) is 19.2. The monoisotopic (exact) mass is 379 g/mol. The summed E-state index contributed by atoms with van der Waals surface area (Å²) in [5.41, 5.74) is 1.94. The summed E-state index contributed by atoms with van der Waals surface area (Å²) >= 11 is 4.39. The molecule has 0 spiro atoms. The van der Waals surface area contributed by atoms with Crippen LogP contribution in [0.5, 0.6) is 0 Å². The number of nitrogens with zero attached hydrogens (tertiary/aromatic N) is 1. The van der Waals surface area contributed by atoms with Crippen LogP contribution in [0.15, 0.2) is 54.0 Å². The highest BCUT2D eigenvalue weighted by molar-refractivity contribution is 7.78. The predicted octanol–water partition coefficient (Wildman–Crippen LogP) is 6.56. The van der Waals surface area contributed by atoms with Gasteiger partial charge in [-0.2, -0.15) is 4.99 Å². The molecule has 3 rings (SSSR count). The second kappa shape index (κ2) is 8.86. The molecule has 1 aliphatic carbocycles. The number of hydrogen-bond donors (Lipinski definition) is 0. The third-order valence-electron chi connectivity index (χ3n) is 5.01. The van der Waals surface area contributed by atoms with E-state index in [-0.39, 0.29) is 5.56 Å². The van der Waals surface area contributed by atoms with Gasteiger partial charge in [-0.3, -0.25) is 0 Å². The molecule has 4 heteroatoms. The Hall–Kier alpha value is -2.60. The van der Waals surface area contributed by atoms with Crippen molar-refractivity contribution >= 4 is 23.1 Å². The van der Waals surface area contributed by atoms with Crippen molar-refractivity contribution in [2.24, 2.45) is 10.9 Å². The molecule has 0 saturated heterocycles. The van der Waals surface area contributed by atoms with Gasteiger partial charge in [0, 0.05) is 11.1 Å². The molecule has 0 bridgehead atoms. The summed E-state index contributed by atoms with van der Waals surface area (Å²) in [6.07, 6.45) is 6.80. The van der Waals surface area contributed by atoms with Crippen LogP contribution in [0.3, 0.4) is 0 Å². The first kappa shape index (κ1) is 19.2. The molecule has 0 N–H and O–H groups in total. The number of halogens is 2. The van der Waals surface area contributed by atoms with E-state index in [0.717, 1.165) is 17.7 Å². The van der Waals surface area contributed by atoms with E-state index in [0.29, 0.717) is 11.8 Å². The molecular weight excluding hydrogens is 360 g/mol. The number of allylic oxidation sites excluding steroid dienone is 1. The van der Waals surface area contributed by atoms with Gasteiger partial charge in [0.1, 0.15) is 5.69 Å². The molecule has 1 saturated carbocycles. The van der Waals surface area contributed by atoms with Crippen LogP contribution in [0, 0.1) is 29.4 Å². The molecule has 0 radical (unpaired) electrons. The van der Waals surface area contributed by atoms with E-state index < -0.39 is 17.3 Å². The summed E-state index contributed by atoms with van der Waals surface area (Å²) in [7, 11) is 0. The fourth-order valence-corrected chi connectivity index (χ4v) is 3.55. The molecule has 2 aromatic carbocycles. The summed E-state index contributed by atoms with van der Waals surface area (Å²) in [5, 5.41) is 1.97.